The topological polar surface area (TPSA) is 81.1 Å². The van der Waals surface area contributed by atoms with Crippen molar-refractivity contribution in [3.8, 4) is 0 Å². The van der Waals surface area contributed by atoms with Crippen LogP contribution in [0.15, 0.2) is 35.7 Å². The Morgan fingerprint density at radius 2 is 2.03 bits per heavy atom. The van der Waals surface area contributed by atoms with Gasteiger partial charge in [0.2, 0.25) is 0 Å². The number of aliphatic hydroxyl groups is 1. The highest BCUT2D eigenvalue weighted by Crippen LogP contribution is 2.39. The highest BCUT2D eigenvalue weighted by atomic mass is 32.1. The van der Waals surface area contributed by atoms with Crippen LogP contribution in [0.3, 0.4) is 0 Å². The van der Waals surface area contributed by atoms with E-state index in [1.165, 1.54) is 11.3 Å². The first kappa shape index (κ1) is 26.0. The van der Waals surface area contributed by atoms with Gasteiger partial charge in [0, 0.05) is 18.3 Å². The smallest absolute Gasteiger partial charge is 0.357 e. The van der Waals surface area contributed by atoms with Gasteiger partial charge in [0.05, 0.1) is 19.3 Å². The van der Waals surface area contributed by atoms with Gasteiger partial charge in [-0.3, -0.25) is 4.84 Å². The fraction of sp³-hybridized carbons (Fsp3) is 0.583. The zero-order valence-electron chi connectivity index (χ0n) is 20.4. The van der Waals surface area contributed by atoms with Crippen LogP contribution in [0.1, 0.15) is 61.2 Å². The number of carbonyl (C=O) groups is 1. The van der Waals surface area contributed by atoms with Crippen molar-refractivity contribution in [2.75, 3.05) is 13.2 Å². The lowest BCUT2D eigenvalue weighted by molar-refractivity contribution is -0.195. The summed E-state index contributed by atoms with van der Waals surface area (Å²) in [7, 11) is -1.99. The third-order valence-corrected chi connectivity index (χ3v) is 11.8. The number of rotatable bonds is 9. The molecule has 0 saturated carbocycles. The van der Waals surface area contributed by atoms with Crippen molar-refractivity contribution in [3.63, 3.8) is 0 Å². The van der Waals surface area contributed by atoms with Gasteiger partial charge in [0.1, 0.15) is 17.2 Å². The molecule has 1 aromatic carbocycles. The normalized spacial score (nSPS) is 20.7. The first-order valence-electron chi connectivity index (χ1n) is 11.4. The first-order valence-corrected chi connectivity index (χ1v) is 15.2. The average Bonchev–Trinajstić information content (AvgIpc) is 3.39. The Hall–Kier alpha value is -1.62. The van der Waals surface area contributed by atoms with E-state index in [2.05, 4.69) is 38.8 Å². The maximum Gasteiger partial charge on any atom is 0.357 e. The molecular weight excluding hydrogens is 456 g/mol. The van der Waals surface area contributed by atoms with Crippen molar-refractivity contribution in [3.05, 3.63) is 52.0 Å². The molecule has 0 bridgehead atoms. The number of aromatic nitrogens is 1. The Kier molecular flexibility index (Phi) is 8.47. The lowest BCUT2D eigenvalue weighted by Crippen LogP contribution is -2.44. The lowest BCUT2D eigenvalue weighted by atomic mass is 10.1. The van der Waals surface area contributed by atoms with Gasteiger partial charge in [-0.25, -0.2) is 9.78 Å². The summed E-state index contributed by atoms with van der Waals surface area (Å²) in [5.74, 6) is -0.423. The predicted molar refractivity (Wildman–Crippen MR) is 131 cm³/mol. The van der Waals surface area contributed by atoms with Gasteiger partial charge >= 0.3 is 5.97 Å². The quantitative estimate of drug-likeness (QED) is 0.392. The molecule has 182 valence electrons. The van der Waals surface area contributed by atoms with Gasteiger partial charge in [0.25, 0.3) is 0 Å². The largest absolute Gasteiger partial charge is 0.461 e. The van der Waals surface area contributed by atoms with Crippen molar-refractivity contribution in [2.45, 2.75) is 77.0 Å². The van der Waals surface area contributed by atoms with Crippen LogP contribution in [0, 0.1) is 0 Å². The molecule has 7 nitrogen and oxygen atoms in total. The number of nitrogens with zero attached hydrogens (tertiary/aromatic N) is 2. The number of carbonyl (C=O) groups excluding carboxylic acids is 1. The highest BCUT2D eigenvalue weighted by molar-refractivity contribution is 7.09. The first-order chi connectivity index (χ1) is 15.5. The van der Waals surface area contributed by atoms with Crippen LogP contribution in [-0.4, -0.2) is 54.9 Å². The van der Waals surface area contributed by atoms with Gasteiger partial charge in [-0.15, -0.1) is 11.3 Å². The molecule has 1 N–H and O–H groups in total. The summed E-state index contributed by atoms with van der Waals surface area (Å²) in [6.07, 6.45) is -0.615. The summed E-state index contributed by atoms with van der Waals surface area (Å²) in [5, 5.41) is 15.4. The van der Waals surface area contributed by atoms with Crippen LogP contribution in [0.5, 0.6) is 0 Å². The number of benzene rings is 1. The molecule has 1 aromatic heterocycles. The molecule has 1 fully saturated rings. The van der Waals surface area contributed by atoms with Gasteiger partial charge < -0.3 is 14.3 Å². The lowest BCUT2D eigenvalue weighted by Gasteiger charge is -2.37. The second-order valence-electron chi connectivity index (χ2n) is 9.89. The van der Waals surface area contributed by atoms with Gasteiger partial charge in [-0.05, 0) is 30.6 Å². The van der Waals surface area contributed by atoms with Gasteiger partial charge in [0.15, 0.2) is 14.0 Å². The van der Waals surface area contributed by atoms with Crippen molar-refractivity contribution >= 4 is 25.6 Å². The monoisotopic (exact) mass is 492 g/mol. The average molecular weight is 493 g/mol. The van der Waals surface area contributed by atoms with Crippen LogP contribution in [0.4, 0.5) is 0 Å². The molecule has 0 radical (unpaired) electrons. The van der Waals surface area contributed by atoms with E-state index in [0.717, 1.165) is 10.6 Å². The predicted octanol–water partition coefficient (Wildman–Crippen LogP) is 4.95. The SMILES string of the molecule is CCOC(=O)c1csc([C@H]2C[C@@H]([C@H](O)CO[Si](C)(C)C(C)(C)C)ON2Cc2ccccc2)n1. The molecule has 0 spiro atoms. The summed E-state index contributed by atoms with van der Waals surface area (Å²) in [4.78, 5) is 22.9. The molecular formula is C24H36N2O5SSi. The number of esters is 1. The molecule has 1 aliphatic rings. The van der Waals surface area contributed by atoms with Crippen molar-refractivity contribution < 1.29 is 23.9 Å². The second-order valence-corrected chi connectivity index (χ2v) is 15.6. The zero-order valence-corrected chi connectivity index (χ0v) is 22.2. The van der Waals surface area contributed by atoms with E-state index in [9.17, 15) is 9.90 Å². The molecule has 3 atom stereocenters. The third kappa shape index (κ3) is 6.49. The molecule has 9 heteroatoms. The Morgan fingerprint density at radius 3 is 2.67 bits per heavy atom. The fourth-order valence-electron chi connectivity index (χ4n) is 3.35. The van der Waals surface area contributed by atoms with Crippen LogP contribution in [0.25, 0.3) is 0 Å². The molecule has 33 heavy (non-hydrogen) atoms. The van der Waals surface area contributed by atoms with Crippen LogP contribution in [0.2, 0.25) is 18.1 Å². The van der Waals surface area contributed by atoms with Gasteiger partial charge in [-0.1, -0.05) is 51.1 Å². The molecule has 2 aromatic rings. The van der Waals surface area contributed by atoms with Crippen LogP contribution in [-0.2, 0) is 20.5 Å². The summed E-state index contributed by atoms with van der Waals surface area (Å²) in [5.41, 5.74) is 1.40. The zero-order chi connectivity index (χ0) is 24.2. The van der Waals surface area contributed by atoms with Gasteiger partial charge in [-0.2, -0.15) is 5.06 Å². The summed E-state index contributed by atoms with van der Waals surface area (Å²) in [6, 6.07) is 9.85. The molecule has 0 unspecified atom stereocenters. The minimum atomic E-state index is -1.99. The molecule has 1 saturated heterocycles. The maximum atomic E-state index is 12.1. The summed E-state index contributed by atoms with van der Waals surface area (Å²) in [6.45, 7) is 13.7. The van der Waals surface area contributed by atoms with E-state index >= 15 is 0 Å². The van der Waals surface area contributed by atoms with E-state index in [1.807, 2.05) is 35.4 Å². The molecule has 0 amide bonds. The minimum Gasteiger partial charge on any atom is -0.461 e. The number of aliphatic hydroxyl groups excluding tert-OH is 1. The minimum absolute atomic E-state index is 0.0650. The van der Waals surface area contributed by atoms with Crippen molar-refractivity contribution in [2.24, 2.45) is 0 Å². The second kappa shape index (κ2) is 10.8. The van der Waals surface area contributed by atoms with Crippen LogP contribution >= 0.6 is 11.3 Å². The van der Waals surface area contributed by atoms with E-state index in [-0.39, 0.29) is 17.7 Å². The number of thiazole rings is 1. The molecule has 0 aliphatic carbocycles. The molecule has 1 aliphatic heterocycles. The fourth-order valence-corrected chi connectivity index (χ4v) is 5.27. The van der Waals surface area contributed by atoms with E-state index in [0.29, 0.717) is 25.3 Å². The van der Waals surface area contributed by atoms with Crippen LogP contribution < -0.4 is 0 Å². The number of hydrogen-bond donors (Lipinski definition) is 1. The Bertz CT molecular complexity index is 915. The van der Waals surface area contributed by atoms with Crippen molar-refractivity contribution in [1.82, 2.24) is 10.0 Å². The number of ether oxygens (including phenoxy) is 1. The van der Waals surface area contributed by atoms with E-state index < -0.39 is 26.5 Å². The maximum absolute atomic E-state index is 12.1. The number of hydroxylamine groups is 2. The third-order valence-electron chi connectivity index (χ3n) is 6.40. The summed E-state index contributed by atoms with van der Waals surface area (Å²) >= 11 is 1.41. The van der Waals surface area contributed by atoms with E-state index in [1.54, 1.807) is 12.3 Å². The Morgan fingerprint density at radius 1 is 1.33 bits per heavy atom. The molecule has 3 rings (SSSR count). The Labute approximate surface area is 201 Å². The number of hydrogen-bond acceptors (Lipinski definition) is 8. The highest BCUT2D eigenvalue weighted by Gasteiger charge is 2.42. The molecule has 2 heterocycles. The van der Waals surface area contributed by atoms with E-state index in [4.69, 9.17) is 14.0 Å². The van der Waals surface area contributed by atoms with Crippen molar-refractivity contribution in [1.29, 1.82) is 0 Å². The summed E-state index contributed by atoms with van der Waals surface area (Å²) < 4.78 is 11.3. The Balaban J connectivity index is 1.75. The standard InChI is InChI=1S/C24H36N2O5SSi/c1-7-29-23(28)18-16-32-22(25-18)19-13-21(20(27)15-30-33(5,6)24(2,3)4)31-26(19)14-17-11-9-8-10-12-17/h8-12,16,19-21,27H,7,13-15H2,1-6H3/t19-,20-,21+/m1/s1.